The molecule has 0 spiro atoms. The van der Waals surface area contributed by atoms with E-state index in [1.807, 2.05) is 0 Å². The standard InChI is InChI=1S/C24H22F3N5O4/c1-35-18-6-14(7-19(9-18)36-24(25,26)27)2-5-22(33)31-10-16-12-32(13-17(16)11-31)23(34)15-3-4-20-21(8-15)29-30-28-20/h2-9,16-17H,10-13H2,1H3,(H,28,29,30)/t16-,17-/m1/s1. The molecule has 1 aromatic heterocycles. The summed E-state index contributed by atoms with van der Waals surface area (Å²) in [5.41, 5.74) is 2.25. The van der Waals surface area contributed by atoms with Crippen LogP contribution in [-0.4, -0.2) is 76.7 Å². The fourth-order valence-electron chi connectivity index (χ4n) is 4.77. The van der Waals surface area contributed by atoms with Crippen LogP contribution in [-0.2, 0) is 4.79 Å². The Hall–Kier alpha value is -4.09. The van der Waals surface area contributed by atoms with Gasteiger partial charge in [0.25, 0.3) is 5.91 Å². The summed E-state index contributed by atoms with van der Waals surface area (Å²) in [4.78, 5) is 29.2. The average Bonchev–Trinajstić information content (AvgIpc) is 3.55. The topological polar surface area (TPSA) is 101 Å². The number of methoxy groups -OCH3 is 1. The molecule has 3 heterocycles. The van der Waals surface area contributed by atoms with Gasteiger partial charge in [0, 0.05) is 55.7 Å². The lowest BCUT2D eigenvalue weighted by atomic mass is 10.0. The molecular weight excluding hydrogens is 479 g/mol. The van der Waals surface area contributed by atoms with Gasteiger partial charge in [-0.05, 0) is 42.0 Å². The van der Waals surface area contributed by atoms with Crippen molar-refractivity contribution in [2.45, 2.75) is 6.36 Å². The minimum absolute atomic E-state index is 0.0815. The number of halogens is 3. The number of rotatable bonds is 5. The van der Waals surface area contributed by atoms with E-state index in [0.29, 0.717) is 42.8 Å². The average molecular weight is 501 g/mol. The maximum absolute atomic E-state index is 13.0. The van der Waals surface area contributed by atoms with Crippen LogP contribution in [0.25, 0.3) is 17.1 Å². The van der Waals surface area contributed by atoms with Gasteiger partial charge in [-0.2, -0.15) is 0 Å². The predicted molar refractivity (Wildman–Crippen MR) is 122 cm³/mol. The third-order valence-electron chi connectivity index (χ3n) is 6.45. The van der Waals surface area contributed by atoms with Crippen molar-refractivity contribution >= 4 is 28.9 Å². The van der Waals surface area contributed by atoms with Crippen LogP contribution in [0.5, 0.6) is 11.5 Å². The molecular formula is C24H22F3N5O4. The van der Waals surface area contributed by atoms with Crippen LogP contribution in [0.4, 0.5) is 13.2 Å². The van der Waals surface area contributed by atoms with E-state index in [1.165, 1.54) is 31.4 Å². The molecule has 2 atom stereocenters. The summed E-state index contributed by atoms with van der Waals surface area (Å²) in [5, 5.41) is 10.4. The van der Waals surface area contributed by atoms with Crippen LogP contribution in [0, 0.1) is 11.8 Å². The Balaban J connectivity index is 1.20. The number of nitrogens with zero attached hydrogens (tertiary/aromatic N) is 4. The fourth-order valence-corrected chi connectivity index (χ4v) is 4.77. The lowest BCUT2D eigenvalue weighted by molar-refractivity contribution is -0.274. The summed E-state index contributed by atoms with van der Waals surface area (Å²) < 4.78 is 46.8. The number of aromatic nitrogens is 3. The molecule has 3 aromatic rings. The summed E-state index contributed by atoms with van der Waals surface area (Å²) in [5.74, 6) is -0.276. The van der Waals surface area contributed by atoms with Crippen LogP contribution in [0.1, 0.15) is 15.9 Å². The van der Waals surface area contributed by atoms with E-state index < -0.39 is 12.1 Å². The van der Waals surface area contributed by atoms with E-state index >= 15 is 0 Å². The molecule has 9 nitrogen and oxygen atoms in total. The second-order valence-corrected chi connectivity index (χ2v) is 8.84. The normalized spacial score (nSPS) is 19.8. The third-order valence-corrected chi connectivity index (χ3v) is 6.45. The van der Waals surface area contributed by atoms with Crippen molar-refractivity contribution in [2.75, 3.05) is 33.3 Å². The number of H-pyrrole nitrogens is 1. The van der Waals surface area contributed by atoms with Crippen LogP contribution in [0.15, 0.2) is 42.5 Å². The number of amides is 2. The Morgan fingerprint density at radius 1 is 1.03 bits per heavy atom. The molecule has 0 unspecified atom stereocenters. The number of benzene rings is 2. The second kappa shape index (κ2) is 9.17. The fraction of sp³-hybridized carbons (Fsp3) is 0.333. The number of carbonyl (C=O) groups is 2. The predicted octanol–water partition coefficient (Wildman–Crippen LogP) is 3.11. The minimum Gasteiger partial charge on any atom is -0.497 e. The van der Waals surface area contributed by atoms with Gasteiger partial charge >= 0.3 is 6.36 Å². The van der Waals surface area contributed by atoms with Crippen molar-refractivity contribution in [3.8, 4) is 11.5 Å². The quantitative estimate of drug-likeness (QED) is 0.540. The highest BCUT2D eigenvalue weighted by molar-refractivity contribution is 5.97. The van der Waals surface area contributed by atoms with Gasteiger partial charge in [0.1, 0.15) is 17.0 Å². The smallest absolute Gasteiger partial charge is 0.497 e. The number of ether oxygens (including phenoxy) is 2. The van der Waals surface area contributed by atoms with Crippen LogP contribution < -0.4 is 9.47 Å². The highest BCUT2D eigenvalue weighted by atomic mass is 19.4. The number of carbonyl (C=O) groups excluding carboxylic acids is 2. The molecule has 0 saturated carbocycles. The van der Waals surface area contributed by atoms with E-state index in [2.05, 4.69) is 20.1 Å². The number of hydrogen-bond donors (Lipinski definition) is 1. The van der Waals surface area contributed by atoms with Crippen molar-refractivity contribution in [3.05, 3.63) is 53.6 Å². The van der Waals surface area contributed by atoms with Crippen LogP contribution >= 0.6 is 0 Å². The number of fused-ring (bicyclic) bond motifs is 2. The first-order valence-corrected chi connectivity index (χ1v) is 11.2. The van der Waals surface area contributed by atoms with Gasteiger partial charge in [0.05, 0.1) is 12.6 Å². The highest BCUT2D eigenvalue weighted by Gasteiger charge is 2.42. The highest BCUT2D eigenvalue weighted by Crippen LogP contribution is 2.33. The molecule has 0 bridgehead atoms. The van der Waals surface area contributed by atoms with Gasteiger partial charge < -0.3 is 19.3 Å². The zero-order valence-corrected chi connectivity index (χ0v) is 19.2. The number of nitrogens with one attached hydrogen (secondary N) is 1. The first-order chi connectivity index (χ1) is 17.2. The van der Waals surface area contributed by atoms with E-state index in [1.54, 1.807) is 28.0 Å². The molecule has 36 heavy (non-hydrogen) atoms. The number of aromatic amines is 1. The SMILES string of the molecule is COc1cc(C=CC(=O)N2C[C@@H]3CN(C(=O)c4ccc5[nH]nnc5c4)C[C@H]3C2)cc(OC(F)(F)F)c1. The zero-order chi connectivity index (χ0) is 25.4. The number of alkyl halides is 3. The monoisotopic (exact) mass is 501 g/mol. The Bertz CT molecular complexity index is 1320. The minimum atomic E-state index is -4.84. The van der Waals surface area contributed by atoms with Gasteiger partial charge in [-0.3, -0.25) is 14.7 Å². The lowest BCUT2D eigenvalue weighted by Gasteiger charge is -2.21. The molecule has 12 heteroatoms. The Morgan fingerprint density at radius 3 is 2.42 bits per heavy atom. The lowest BCUT2D eigenvalue weighted by Crippen LogP contribution is -2.35. The van der Waals surface area contributed by atoms with Gasteiger partial charge in [0.15, 0.2) is 0 Å². The zero-order valence-electron chi connectivity index (χ0n) is 19.2. The maximum atomic E-state index is 13.0. The van der Waals surface area contributed by atoms with Gasteiger partial charge in [-0.15, -0.1) is 18.3 Å². The van der Waals surface area contributed by atoms with Crippen molar-refractivity contribution in [3.63, 3.8) is 0 Å². The molecule has 2 fully saturated rings. The second-order valence-electron chi connectivity index (χ2n) is 8.84. The van der Waals surface area contributed by atoms with Crippen molar-refractivity contribution in [1.82, 2.24) is 25.2 Å². The Kier molecular flexibility index (Phi) is 6.02. The third kappa shape index (κ3) is 4.97. The Labute approximate surface area is 203 Å². The molecule has 2 aliphatic rings. The van der Waals surface area contributed by atoms with Gasteiger partial charge in [-0.1, -0.05) is 5.21 Å². The maximum Gasteiger partial charge on any atom is 0.573 e. The molecule has 2 amide bonds. The largest absolute Gasteiger partial charge is 0.573 e. The van der Waals surface area contributed by atoms with E-state index in [0.717, 1.165) is 11.6 Å². The van der Waals surface area contributed by atoms with E-state index in [-0.39, 0.29) is 29.4 Å². The van der Waals surface area contributed by atoms with Crippen molar-refractivity contribution in [1.29, 1.82) is 0 Å². The Morgan fingerprint density at radius 2 is 1.72 bits per heavy atom. The van der Waals surface area contributed by atoms with Crippen molar-refractivity contribution in [2.24, 2.45) is 11.8 Å². The molecule has 2 aromatic carbocycles. The van der Waals surface area contributed by atoms with Gasteiger partial charge in [0.2, 0.25) is 5.91 Å². The molecule has 0 radical (unpaired) electrons. The molecule has 2 saturated heterocycles. The van der Waals surface area contributed by atoms with E-state index in [9.17, 15) is 22.8 Å². The molecule has 188 valence electrons. The molecule has 2 aliphatic heterocycles. The van der Waals surface area contributed by atoms with Crippen LogP contribution in [0.3, 0.4) is 0 Å². The van der Waals surface area contributed by atoms with Gasteiger partial charge in [-0.25, -0.2) is 0 Å². The molecule has 0 aliphatic carbocycles. The van der Waals surface area contributed by atoms with Crippen molar-refractivity contribution < 1.29 is 32.2 Å². The number of likely N-dealkylation sites (tertiary alicyclic amines) is 2. The summed E-state index contributed by atoms with van der Waals surface area (Å²) in [6.07, 6.45) is -2.09. The summed E-state index contributed by atoms with van der Waals surface area (Å²) >= 11 is 0. The molecule has 5 rings (SSSR count). The summed E-state index contributed by atoms with van der Waals surface area (Å²) in [6.45, 7) is 2.09. The summed E-state index contributed by atoms with van der Waals surface area (Å²) in [6, 6.07) is 9.02. The first kappa shape index (κ1) is 23.6. The molecule has 1 N–H and O–H groups in total. The van der Waals surface area contributed by atoms with Crippen LogP contribution in [0.2, 0.25) is 0 Å². The number of hydrogen-bond acceptors (Lipinski definition) is 6. The van der Waals surface area contributed by atoms with E-state index in [4.69, 9.17) is 4.74 Å². The summed E-state index contributed by atoms with van der Waals surface area (Å²) in [7, 11) is 1.33. The first-order valence-electron chi connectivity index (χ1n) is 11.2.